The second-order valence-electron chi connectivity index (χ2n) is 4.44. The Morgan fingerprint density at radius 2 is 2.19 bits per heavy atom. The molecule has 1 aromatic carbocycles. The summed E-state index contributed by atoms with van der Waals surface area (Å²) < 4.78 is 19.1. The molecule has 0 atom stereocenters. The van der Waals surface area contributed by atoms with Crippen molar-refractivity contribution in [3.8, 4) is 17.9 Å². The van der Waals surface area contributed by atoms with Crippen LogP contribution in [0.25, 0.3) is 0 Å². The molecule has 0 heterocycles. The highest BCUT2D eigenvalue weighted by Gasteiger charge is 2.09. The van der Waals surface area contributed by atoms with E-state index in [1.54, 1.807) is 19.2 Å². The van der Waals surface area contributed by atoms with Crippen LogP contribution in [0.15, 0.2) is 18.2 Å². The summed E-state index contributed by atoms with van der Waals surface area (Å²) in [5, 5.41) is 17.3. The van der Waals surface area contributed by atoms with E-state index >= 15 is 0 Å². The summed E-state index contributed by atoms with van der Waals surface area (Å²) in [4.78, 5) is 1.98. The maximum Gasteiger partial charge on any atom is 0.128 e. The Morgan fingerprint density at radius 1 is 1.38 bits per heavy atom. The van der Waals surface area contributed by atoms with E-state index in [4.69, 9.17) is 15.1 Å². The van der Waals surface area contributed by atoms with Gasteiger partial charge in [0.25, 0.3) is 0 Å². The van der Waals surface area contributed by atoms with Crippen molar-refractivity contribution in [1.82, 2.24) is 4.90 Å². The van der Waals surface area contributed by atoms with Crippen LogP contribution in [0.4, 0.5) is 4.39 Å². The van der Waals surface area contributed by atoms with Crippen molar-refractivity contribution in [2.45, 2.75) is 13.0 Å². The first-order valence-electron chi connectivity index (χ1n) is 6.67. The van der Waals surface area contributed by atoms with E-state index in [0.29, 0.717) is 43.8 Å². The van der Waals surface area contributed by atoms with Gasteiger partial charge in [-0.3, -0.25) is 4.90 Å². The molecule has 1 rings (SSSR count). The number of halogens is 1. The average molecular weight is 290 g/mol. The molecule has 0 aliphatic carbocycles. The summed E-state index contributed by atoms with van der Waals surface area (Å²) >= 11 is 0. The molecule has 0 radical (unpaired) electrons. The quantitative estimate of drug-likeness (QED) is 0.774. The number of rotatable bonds is 7. The lowest BCUT2D eigenvalue weighted by atomic mass is 10.1. The van der Waals surface area contributed by atoms with Crippen molar-refractivity contribution in [2.24, 2.45) is 0 Å². The van der Waals surface area contributed by atoms with Gasteiger partial charge >= 0.3 is 0 Å². The molecule has 0 saturated heterocycles. The number of aliphatic hydroxyl groups excluding tert-OH is 1. The minimum absolute atomic E-state index is 0.248. The first-order valence-corrected chi connectivity index (χ1v) is 6.67. The second kappa shape index (κ2) is 9.90. The van der Waals surface area contributed by atoms with Gasteiger partial charge in [-0.25, -0.2) is 4.39 Å². The van der Waals surface area contributed by atoms with Crippen LogP contribution >= 0.6 is 0 Å². The molecule has 0 spiro atoms. The molecule has 0 unspecified atom stereocenters. The smallest absolute Gasteiger partial charge is 0.128 e. The van der Waals surface area contributed by atoms with Crippen LogP contribution in [-0.4, -0.2) is 43.4 Å². The summed E-state index contributed by atoms with van der Waals surface area (Å²) in [5.74, 6) is 4.82. The maximum absolute atomic E-state index is 14.0. The van der Waals surface area contributed by atoms with Crippen molar-refractivity contribution in [2.75, 3.05) is 33.4 Å². The highest BCUT2D eigenvalue weighted by atomic mass is 19.1. The Kier molecular flexibility index (Phi) is 8.08. The molecule has 0 fully saturated rings. The Labute approximate surface area is 124 Å². The predicted octanol–water partition coefficient (Wildman–Crippen LogP) is 1.53. The third kappa shape index (κ3) is 6.37. The fraction of sp³-hybridized carbons (Fsp3) is 0.438. The van der Waals surface area contributed by atoms with Gasteiger partial charge in [-0.1, -0.05) is 17.9 Å². The topological polar surface area (TPSA) is 56.5 Å². The number of nitrogens with zero attached hydrogens (tertiary/aromatic N) is 2. The normalized spacial score (nSPS) is 10.0. The molecule has 1 N–H and O–H groups in total. The van der Waals surface area contributed by atoms with Gasteiger partial charge in [0.15, 0.2) is 0 Å². The second-order valence-corrected chi connectivity index (χ2v) is 4.44. The van der Waals surface area contributed by atoms with E-state index in [1.165, 1.54) is 6.07 Å². The largest absolute Gasteiger partial charge is 0.384 e. The molecule has 0 bridgehead atoms. The van der Waals surface area contributed by atoms with Gasteiger partial charge in [0.2, 0.25) is 0 Å². The molecular weight excluding hydrogens is 271 g/mol. The maximum atomic E-state index is 14.0. The molecule has 0 amide bonds. The van der Waals surface area contributed by atoms with Crippen molar-refractivity contribution >= 4 is 0 Å². The Bertz CT molecular complexity index is 543. The van der Waals surface area contributed by atoms with Crippen LogP contribution < -0.4 is 0 Å². The molecule has 0 saturated carbocycles. The van der Waals surface area contributed by atoms with E-state index in [9.17, 15) is 4.39 Å². The van der Waals surface area contributed by atoms with E-state index < -0.39 is 0 Å². The number of nitriles is 1. The first kappa shape index (κ1) is 17.1. The van der Waals surface area contributed by atoms with Gasteiger partial charge in [0.1, 0.15) is 12.4 Å². The fourth-order valence-electron chi connectivity index (χ4n) is 1.83. The zero-order chi connectivity index (χ0) is 15.5. The van der Waals surface area contributed by atoms with E-state index in [2.05, 4.69) is 17.9 Å². The van der Waals surface area contributed by atoms with Crippen molar-refractivity contribution in [3.63, 3.8) is 0 Å². The highest BCUT2D eigenvalue weighted by molar-refractivity contribution is 5.37. The monoisotopic (exact) mass is 290 g/mol. The van der Waals surface area contributed by atoms with Gasteiger partial charge in [0, 0.05) is 44.3 Å². The van der Waals surface area contributed by atoms with Crippen LogP contribution in [0.5, 0.6) is 0 Å². The van der Waals surface area contributed by atoms with Crippen LogP contribution in [0.3, 0.4) is 0 Å². The third-order valence-corrected chi connectivity index (χ3v) is 2.91. The zero-order valence-corrected chi connectivity index (χ0v) is 12.1. The van der Waals surface area contributed by atoms with Gasteiger partial charge in [-0.2, -0.15) is 5.26 Å². The van der Waals surface area contributed by atoms with E-state index in [0.717, 1.165) is 0 Å². The number of benzene rings is 1. The number of methoxy groups -OCH3 is 1. The van der Waals surface area contributed by atoms with Gasteiger partial charge in [-0.15, -0.1) is 0 Å². The van der Waals surface area contributed by atoms with E-state index in [-0.39, 0.29) is 12.4 Å². The lowest BCUT2D eigenvalue weighted by Crippen LogP contribution is -2.28. The minimum Gasteiger partial charge on any atom is -0.384 e. The summed E-state index contributed by atoms with van der Waals surface area (Å²) in [5.41, 5.74) is 1.09. The van der Waals surface area contributed by atoms with Crippen LogP contribution in [0, 0.1) is 29.0 Å². The number of hydrogen-bond acceptors (Lipinski definition) is 4. The zero-order valence-electron chi connectivity index (χ0n) is 12.1. The lowest BCUT2D eigenvalue weighted by Gasteiger charge is -2.21. The summed E-state index contributed by atoms with van der Waals surface area (Å²) in [6.45, 7) is 1.93. The highest BCUT2D eigenvalue weighted by Crippen LogP contribution is 2.13. The molecule has 112 valence electrons. The summed E-state index contributed by atoms with van der Waals surface area (Å²) in [7, 11) is 1.61. The van der Waals surface area contributed by atoms with Crippen LogP contribution in [0.2, 0.25) is 0 Å². The number of ether oxygens (including phenoxy) is 1. The molecular formula is C16H19FN2O2. The Balaban J connectivity index is 2.76. The molecule has 0 aliphatic rings. The predicted molar refractivity (Wildman–Crippen MR) is 77.7 cm³/mol. The van der Waals surface area contributed by atoms with Gasteiger partial charge < -0.3 is 9.84 Å². The molecule has 5 heteroatoms. The van der Waals surface area contributed by atoms with Crippen LogP contribution in [-0.2, 0) is 11.3 Å². The first-order chi connectivity index (χ1) is 10.2. The molecule has 0 aliphatic heterocycles. The Hall–Kier alpha value is -1.92. The van der Waals surface area contributed by atoms with E-state index in [1.807, 2.05) is 4.90 Å². The number of hydrogen-bond donors (Lipinski definition) is 1. The fourth-order valence-corrected chi connectivity index (χ4v) is 1.83. The molecule has 4 nitrogen and oxygen atoms in total. The Morgan fingerprint density at radius 3 is 2.81 bits per heavy atom. The minimum atomic E-state index is -0.334. The average Bonchev–Trinajstić information content (AvgIpc) is 2.49. The van der Waals surface area contributed by atoms with Crippen molar-refractivity contribution < 1.29 is 14.2 Å². The third-order valence-electron chi connectivity index (χ3n) is 2.91. The standard InChI is InChI=1S/C16H19FN2O2/c1-21-11-9-19(8-3-7-18)13-15-6-5-14(4-2-10-20)12-16(15)17/h5-6,12,20H,3,8-11,13H2,1H3. The molecule has 0 aromatic heterocycles. The number of aliphatic hydroxyl groups is 1. The van der Waals surface area contributed by atoms with Gasteiger partial charge in [0.05, 0.1) is 12.7 Å². The summed E-state index contributed by atoms with van der Waals surface area (Å²) in [6, 6.07) is 6.85. The van der Waals surface area contributed by atoms with Crippen molar-refractivity contribution in [3.05, 3.63) is 35.1 Å². The molecule has 21 heavy (non-hydrogen) atoms. The lowest BCUT2D eigenvalue weighted by molar-refractivity contribution is 0.144. The molecule has 1 aromatic rings. The summed E-state index contributed by atoms with van der Waals surface area (Å²) in [6.07, 6.45) is 0.394. The van der Waals surface area contributed by atoms with Crippen LogP contribution in [0.1, 0.15) is 17.5 Å². The van der Waals surface area contributed by atoms with Crippen molar-refractivity contribution in [1.29, 1.82) is 5.26 Å². The van der Waals surface area contributed by atoms with Gasteiger partial charge in [-0.05, 0) is 12.1 Å². The SMILES string of the molecule is COCCN(CCC#N)Cc1ccc(C#CCO)cc1F.